The quantitative estimate of drug-likeness (QED) is 0.785. The zero-order valence-electron chi connectivity index (χ0n) is 15.0. The van der Waals surface area contributed by atoms with Gasteiger partial charge >= 0.3 is 0 Å². The second-order valence-corrected chi connectivity index (χ2v) is 6.93. The molecule has 1 aliphatic heterocycles. The Morgan fingerprint density at radius 1 is 1.27 bits per heavy atom. The Morgan fingerprint density at radius 2 is 2.15 bits per heavy atom. The van der Waals surface area contributed by atoms with Gasteiger partial charge in [-0.15, -0.1) is 5.10 Å². The molecule has 1 fully saturated rings. The predicted molar refractivity (Wildman–Crippen MR) is 99.8 cm³/mol. The van der Waals surface area contributed by atoms with Crippen molar-refractivity contribution in [3.05, 3.63) is 42.4 Å². The highest BCUT2D eigenvalue weighted by atomic mass is 16.2. The van der Waals surface area contributed by atoms with Crippen LogP contribution in [0.2, 0.25) is 0 Å². The number of nitrogens with one attached hydrogen (secondary N) is 1. The van der Waals surface area contributed by atoms with Crippen molar-refractivity contribution in [2.24, 2.45) is 5.92 Å². The molecule has 0 bridgehead atoms. The zero-order valence-corrected chi connectivity index (χ0v) is 15.0. The minimum atomic E-state index is -0.00397. The van der Waals surface area contributed by atoms with Gasteiger partial charge in [-0.2, -0.15) is 4.98 Å². The second-order valence-electron chi connectivity index (χ2n) is 6.93. The van der Waals surface area contributed by atoms with Crippen molar-refractivity contribution in [1.82, 2.24) is 24.5 Å². The maximum absolute atomic E-state index is 12.5. The van der Waals surface area contributed by atoms with Crippen LogP contribution in [0, 0.1) is 12.8 Å². The summed E-state index contributed by atoms with van der Waals surface area (Å²) in [5, 5.41) is 7.29. The van der Waals surface area contributed by atoms with Gasteiger partial charge in [0.15, 0.2) is 5.65 Å². The Labute approximate surface area is 152 Å². The van der Waals surface area contributed by atoms with Gasteiger partial charge in [-0.05, 0) is 63.2 Å². The number of anilines is 1. The van der Waals surface area contributed by atoms with Gasteiger partial charge in [-0.25, -0.2) is 4.52 Å². The van der Waals surface area contributed by atoms with E-state index in [9.17, 15) is 4.79 Å². The van der Waals surface area contributed by atoms with E-state index in [2.05, 4.69) is 25.3 Å². The Kier molecular flexibility index (Phi) is 4.38. The average Bonchev–Trinajstić information content (AvgIpc) is 3.03. The number of pyridine rings is 2. The fraction of sp³-hybridized carbons (Fsp3) is 0.368. The Bertz CT molecular complexity index is 950. The fourth-order valence-corrected chi connectivity index (χ4v) is 3.42. The van der Waals surface area contributed by atoms with Gasteiger partial charge in [0.2, 0.25) is 11.9 Å². The monoisotopic (exact) mass is 350 g/mol. The lowest BCUT2D eigenvalue weighted by Gasteiger charge is -2.28. The molecule has 0 aliphatic carbocycles. The molecular formula is C19H22N6O. The van der Waals surface area contributed by atoms with E-state index in [-0.39, 0.29) is 11.8 Å². The van der Waals surface area contributed by atoms with Crippen molar-refractivity contribution in [1.29, 1.82) is 0 Å². The molecule has 0 saturated carbocycles. The molecule has 134 valence electrons. The summed E-state index contributed by atoms with van der Waals surface area (Å²) in [4.78, 5) is 23.3. The molecule has 3 aromatic heterocycles. The molecule has 1 atom stereocenters. The number of hydrogen-bond donors (Lipinski definition) is 1. The predicted octanol–water partition coefficient (Wildman–Crippen LogP) is 2.38. The van der Waals surface area contributed by atoms with Gasteiger partial charge in [0.25, 0.3) is 0 Å². The lowest BCUT2D eigenvalue weighted by Crippen LogP contribution is -2.38. The number of hydrogen-bond acceptors (Lipinski definition) is 5. The Hall–Kier alpha value is -2.80. The molecule has 1 aliphatic rings. The van der Waals surface area contributed by atoms with Crippen LogP contribution in [0.4, 0.5) is 5.95 Å². The van der Waals surface area contributed by atoms with Crippen molar-refractivity contribution in [2.45, 2.75) is 19.8 Å². The van der Waals surface area contributed by atoms with Crippen LogP contribution < -0.4 is 5.32 Å². The molecule has 26 heavy (non-hydrogen) atoms. The fourth-order valence-electron chi connectivity index (χ4n) is 3.42. The maximum Gasteiger partial charge on any atom is 0.249 e. The second kappa shape index (κ2) is 6.84. The van der Waals surface area contributed by atoms with Gasteiger partial charge in [0.05, 0.1) is 5.92 Å². The summed E-state index contributed by atoms with van der Waals surface area (Å²) in [6, 6.07) is 7.90. The van der Waals surface area contributed by atoms with Crippen LogP contribution in [0.3, 0.4) is 0 Å². The van der Waals surface area contributed by atoms with Crippen molar-refractivity contribution in [3.8, 4) is 11.1 Å². The topological polar surface area (TPSA) is 75.4 Å². The van der Waals surface area contributed by atoms with E-state index in [4.69, 9.17) is 0 Å². The summed E-state index contributed by atoms with van der Waals surface area (Å²) in [5.74, 6) is 0.347. The number of nitrogens with zero attached hydrogens (tertiary/aromatic N) is 5. The van der Waals surface area contributed by atoms with E-state index in [1.54, 1.807) is 10.7 Å². The van der Waals surface area contributed by atoms with Gasteiger partial charge < -0.3 is 4.90 Å². The first-order valence-electron chi connectivity index (χ1n) is 8.87. The third-order valence-electron chi connectivity index (χ3n) is 4.79. The first-order valence-corrected chi connectivity index (χ1v) is 8.87. The highest BCUT2D eigenvalue weighted by Gasteiger charge is 2.24. The van der Waals surface area contributed by atoms with Gasteiger partial charge in [0, 0.05) is 30.2 Å². The van der Waals surface area contributed by atoms with E-state index in [0.29, 0.717) is 11.6 Å². The van der Waals surface area contributed by atoms with E-state index in [1.807, 2.05) is 44.4 Å². The molecule has 1 amide bonds. The van der Waals surface area contributed by atoms with Crippen molar-refractivity contribution >= 4 is 17.5 Å². The average molecular weight is 350 g/mol. The van der Waals surface area contributed by atoms with Gasteiger partial charge in [-0.3, -0.25) is 15.1 Å². The molecule has 4 rings (SSSR count). The number of carbonyl (C=O) groups excluding carboxylic acids is 1. The number of carbonyl (C=O) groups is 1. The number of likely N-dealkylation sites (tertiary alicyclic amines) is 1. The van der Waals surface area contributed by atoms with E-state index < -0.39 is 0 Å². The third kappa shape index (κ3) is 3.43. The lowest BCUT2D eigenvalue weighted by molar-refractivity contribution is -0.121. The summed E-state index contributed by atoms with van der Waals surface area (Å²) in [6.45, 7) is 3.80. The molecule has 0 radical (unpaired) electrons. The van der Waals surface area contributed by atoms with Crippen LogP contribution in [0.15, 0.2) is 36.7 Å². The first-order chi connectivity index (χ1) is 12.6. The molecule has 1 unspecified atom stereocenters. The van der Waals surface area contributed by atoms with E-state index in [1.165, 1.54) is 0 Å². The van der Waals surface area contributed by atoms with Crippen LogP contribution in [-0.2, 0) is 4.79 Å². The summed E-state index contributed by atoms with van der Waals surface area (Å²) in [7, 11) is 2.05. The van der Waals surface area contributed by atoms with Crippen LogP contribution in [0.25, 0.3) is 16.8 Å². The molecule has 3 aromatic rings. The number of fused-ring (bicyclic) bond motifs is 1. The van der Waals surface area contributed by atoms with Crippen molar-refractivity contribution < 1.29 is 4.79 Å². The highest BCUT2D eigenvalue weighted by molar-refractivity contribution is 5.91. The molecule has 7 heteroatoms. The normalized spacial score (nSPS) is 18.2. The number of aromatic nitrogens is 4. The SMILES string of the molecule is Cc1cc(-c2ccc3nc(NC(=O)C4CCCN(C)C4)nn3c2)ccn1. The first kappa shape index (κ1) is 16.7. The number of piperidine rings is 1. The lowest BCUT2D eigenvalue weighted by atomic mass is 9.98. The highest BCUT2D eigenvalue weighted by Crippen LogP contribution is 2.21. The van der Waals surface area contributed by atoms with Crippen molar-refractivity contribution in [2.75, 3.05) is 25.5 Å². The molecular weight excluding hydrogens is 328 g/mol. The Morgan fingerprint density at radius 3 is 2.96 bits per heavy atom. The van der Waals surface area contributed by atoms with Gasteiger partial charge in [0.1, 0.15) is 0 Å². The van der Waals surface area contributed by atoms with E-state index in [0.717, 1.165) is 42.8 Å². The summed E-state index contributed by atoms with van der Waals surface area (Å²) in [5.41, 5.74) is 3.77. The minimum Gasteiger partial charge on any atom is -0.306 e. The Balaban J connectivity index is 1.55. The summed E-state index contributed by atoms with van der Waals surface area (Å²) in [6.07, 6.45) is 5.67. The maximum atomic E-state index is 12.5. The number of aryl methyl sites for hydroxylation is 1. The molecule has 1 saturated heterocycles. The number of amides is 1. The number of rotatable bonds is 3. The van der Waals surface area contributed by atoms with Crippen LogP contribution in [0.1, 0.15) is 18.5 Å². The van der Waals surface area contributed by atoms with Crippen molar-refractivity contribution in [3.63, 3.8) is 0 Å². The van der Waals surface area contributed by atoms with E-state index >= 15 is 0 Å². The zero-order chi connectivity index (χ0) is 18.1. The molecule has 1 N–H and O–H groups in total. The molecule has 7 nitrogen and oxygen atoms in total. The standard InChI is InChI=1S/C19H22N6O/c1-13-10-14(7-8-20-13)15-5-6-17-21-19(23-25(17)12-15)22-18(26)16-4-3-9-24(2)11-16/h5-8,10,12,16H,3-4,9,11H2,1-2H3,(H,22,23,26). The minimum absolute atomic E-state index is 0.00237. The summed E-state index contributed by atoms with van der Waals surface area (Å²) >= 11 is 0. The smallest absolute Gasteiger partial charge is 0.249 e. The third-order valence-corrected chi connectivity index (χ3v) is 4.79. The largest absolute Gasteiger partial charge is 0.306 e. The van der Waals surface area contributed by atoms with Crippen LogP contribution in [0.5, 0.6) is 0 Å². The molecule has 4 heterocycles. The van der Waals surface area contributed by atoms with Crippen LogP contribution in [-0.4, -0.2) is 50.5 Å². The molecule has 0 spiro atoms. The molecule has 0 aromatic carbocycles. The van der Waals surface area contributed by atoms with Gasteiger partial charge in [-0.1, -0.05) is 0 Å². The summed E-state index contributed by atoms with van der Waals surface area (Å²) < 4.78 is 1.70. The van der Waals surface area contributed by atoms with Crippen LogP contribution >= 0.6 is 0 Å².